The molecule has 2 aromatic carbocycles. The van der Waals surface area contributed by atoms with E-state index in [0.29, 0.717) is 31.2 Å². The van der Waals surface area contributed by atoms with E-state index in [0.717, 1.165) is 11.3 Å². The average Bonchev–Trinajstić information content (AvgIpc) is 3.14. The van der Waals surface area contributed by atoms with Crippen LogP contribution < -0.4 is 10.1 Å². The molecular weight excluding hydrogens is 342 g/mol. The van der Waals surface area contributed by atoms with Gasteiger partial charge in [0.05, 0.1) is 13.2 Å². The fourth-order valence-corrected chi connectivity index (χ4v) is 2.47. The Labute approximate surface area is 158 Å². The molecule has 0 bridgehead atoms. The molecule has 3 aromatic rings. The molecule has 1 heterocycles. The fourth-order valence-electron chi connectivity index (χ4n) is 2.47. The molecule has 3 rings (SSSR count). The van der Waals surface area contributed by atoms with Crippen molar-refractivity contribution in [3.8, 4) is 17.1 Å². The van der Waals surface area contributed by atoms with Gasteiger partial charge in [-0.25, -0.2) is 0 Å². The summed E-state index contributed by atoms with van der Waals surface area (Å²) < 4.78 is 10.8. The number of hydrogen-bond acceptors (Lipinski definition) is 5. The zero-order valence-electron chi connectivity index (χ0n) is 15.6. The van der Waals surface area contributed by atoms with Crippen LogP contribution in [0.25, 0.3) is 11.4 Å². The van der Waals surface area contributed by atoms with Gasteiger partial charge in [0, 0.05) is 12.0 Å². The molecule has 1 N–H and O–H groups in total. The van der Waals surface area contributed by atoms with Crippen LogP contribution in [0.1, 0.15) is 29.9 Å². The first-order valence-corrected chi connectivity index (χ1v) is 8.96. The number of nitrogens with zero attached hydrogens (tertiary/aromatic N) is 2. The third-order valence-corrected chi connectivity index (χ3v) is 4.05. The molecule has 0 radical (unpaired) electrons. The number of carbonyl (C=O) groups is 1. The number of aryl methyl sites for hydroxylation is 2. The first-order valence-electron chi connectivity index (χ1n) is 8.96. The standard InChI is InChI=1S/C21H23N3O3/c1-15-5-9-17(10-6-15)21-23-20(27-24-21)14-22-19(25)4-3-13-26-18-11-7-16(2)8-12-18/h5-12H,3-4,13-14H2,1-2H3,(H,22,25). The summed E-state index contributed by atoms with van der Waals surface area (Å²) in [6, 6.07) is 15.7. The molecule has 1 aromatic heterocycles. The Kier molecular flexibility index (Phi) is 6.20. The molecule has 1 amide bonds. The molecule has 0 spiro atoms. The fraction of sp³-hybridized carbons (Fsp3) is 0.286. The van der Waals surface area contributed by atoms with Gasteiger partial charge in [-0.3, -0.25) is 4.79 Å². The highest BCUT2D eigenvalue weighted by atomic mass is 16.5. The Hall–Kier alpha value is -3.15. The number of nitrogens with one attached hydrogen (secondary N) is 1. The third kappa shape index (κ3) is 5.67. The summed E-state index contributed by atoms with van der Waals surface area (Å²) in [5, 5.41) is 6.74. The van der Waals surface area contributed by atoms with Gasteiger partial charge in [-0.15, -0.1) is 0 Å². The van der Waals surface area contributed by atoms with Crippen molar-refractivity contribution in [3.05, 3.63) is 65.5 Å². The maximum atomic E-state index is 11.9. The van der Waals surface area contributed by atoms with Gasteiger partial charge in [0.25, 0.3) is 0 Å². The lowest BCUT2D eigenvalue weighted by Gasteiger charge is -2.06. The lowest BCUT2D eigenvalue weighted by molar-refractivity contribution is -0.121. The minimum absolute atomic E-state index is 0.0717. The van der Waals surface area contributed by atoms with Crippen LogP contribution in [0.4, 0.5) is 0 Å². The molecule has 6 nitrogen and oxygen atoms in total. The van der Waals surface area contributed by atoms with E-state index in [9.17, 15) is 4.79 Å². The summed E-state index contributed by atoms with van der Waals surface area (Å²) in [5.74, 6) is 1.65. The monoisotopic (exact) mass is 365 g/mol. The van der Waals surface area contributed by atoms with Crippen LogP contribution in [0.5, 0.6) is 5.75 Å². The Bertz CT molecular complexity index is 870. The molecule has 0 unspecified atom stereocenters. The normalized spacial score (nSPS) is 10.6. The number of amides is 1. The predicted molar refractivity (Wildman–Crippen MR) is 102 cm³/mol. The summed E-state index contributed by atoms with van der Waals surface area (Å²) in [7, 11) is 0. The van der Waals surface area contributed by atoms with Crippen molar-refractivity contribution in [1.29, 1.82) is 0 Å². The molecule has 0 saturated heterocycles. The second kappa shape index (κ2) is 8.98. The van der Waals surface area contributed by atoms with Crippen molar-refractivity contribution >= 4 is 5.91 Å². The average molecular weight is 365 g/mol. The second-order valence-corrected chi connectivity index (χ2v) is 6.42. The number of ether oxygens (including phenoxy) is 1. The first-order chi connectivity index (χ1) is 13.1. The molecular formula is C21H23N3O3. The van der Waals surface area contributed by atoms with E-state index in [4.69, 9.17) is 9.26 Å². The highest BCUT2D eigenvalue weighted by Gasteiger charge is 2.10. The predicted octanol–water partition coefficient (Wildman–Crippen LogP) is 3.83. The highest BCUT2D eigenvalue weighted by Crippen LogP contribution is 2.16. The van der Waals surface area contributed by atoms with Gasteiger partial charge in [0.2, 0.25) is 17.6 Å². The number of benzene rings is 2. The van der Waals surface area contributed by atoms with E-state index in [2.05, 4.69) is 15.5 Å². The number of carbonyl (C=O) groups excluding carboxylic acids is 1. The van der Waals surface area contributed by atoms with Gasteiger partial charge in [-0.2, -0.15) is 4.98 Å². The van der Waals surface area contributed by atoms with Gasteiger partial charge in [0.1, 0.15) is 5.75 Å². The maximum Gasteiger partial charge on any atom is 0.246 e. The number of aromatic nitrogens is 2. The Morgan fingerprint density at radius 3 is 2.41 bits per heavy atom. The summed E-state index contributed by atoms with van der Waals surface area (Å²) in [5.41, 5.74) is 3.24. The Balaban J connectivity index is 1.38. The zero-order valence-corrected chi connectivity index (χ0v) is 15.6. The lowest BCUT2D eigenvalue weighted by Crippen LogP contribution is -2.23. The third-order valence-electron chi connectivity index (χ3n) is 4.05. The quantitative estimate of drug-likeness (QED) is 0.614. The van der Waals surface area contributed by atoms with Crippen molar-refractivity contribution in [3.63, 3.8) is 0 Å². The molecule has 140 valence electrons. The molecule has 0 fully saturated rings. The van der Waals surface area contributed by atoms with Crippen molar-refractivity contribution in [2.75, 3.05) is 6.61 Å². The Morgan fingerprint density at radius 1 is 1.04 bits per heavy atom. The van der Waals surface area contributed by atoms with Crippen LogP contribution in [-0.2, 0) is 11.3 Å². The van der Waals surface area contributed by atoms with E-state index in [-0.39, 0.29) is 12.5 Å². The van der Waals surface area contributed by atoms with Gasteiger partial charge in [0.15, 0.2) is 0 Å². The summed E-state index contributed by atoms with van der Waals surface area (Å²) in [6.07, 6.45) is 1.02. The Morgan fingerprint density at radius 2 is 1.70 bits per heavy atom. The van der Waals surface area contributed by atoms with Crippen molar-refractivity contribution in [2.45, 2.75) is 33.2 Å². The largest absolute Gasteiger partial charge is 0.494 e. The van der Waals surface area contributed by atoms with Gasteiger partial charge in [-0.05, 0) is 32.4 Å². The number of hydrogen-bond donors (Lipinski definition) is 1. The van der Waals surface area contributed by atoms with Crippen LogP contribution in [0.3, 0.4) is 0 Å². The topological polar surface area (TPSA) is 77.2 Å². The van der Waals surface area contributed by atoms with Gasteiger partial charge >= 0.3 is 0 Å². The molecule has 0 atom stereocenters. The van der Waals surface area contributed by atoms with Crippen molar-refractivity contribution < 1.29 is 14.1 Å². The second-order valence-electron chi connectivity index (χ2n) is 6.42. The molecule has 27 heavy (non-hydrogen) atoms. The van der Waals surface area contributed by atoms with Crippen molar-refractivity contribution in [2.24, 2.45) is 0 Å². The smallest absolute Gasteiger partial charge is 0.246 e. The molecule has 0 aliphatic rings. The van der Waals surface area contributed by atoms with E-state index < -0.39 is 0 Å². The highest BCUT2D eigenvalue weighted by molar-refractivity contribution is 5.75. The van der Waals surface area contributed by atoms with Crippen LogP contribution >= 0.6 is 0 Å². The van der Waals surface area contributed by atoms with Crippen molar-refractivity contribution in [1.82, 2.24) is 15.5 Å². The van der Waals surface area contributed by atoms with Crippen LogP contribution in [-0.4, -0.2) is 22.7 Å². The van der Waals surface area contributed by atoms with Crippen LogP contribution in [0.15, 0.2) is 53.1 Å². The summed E-state index contributed by atoms with van der Waals surface area (Å²) >= 11 is 0. The molecule has 0 saturated carbocycles. The van der Waals surface area contributed by atoms with E-state index >= 15 is 0 Å². The van der Waals surface area contributed by atoms with Gasteiger partial charge < -0.3 is 14.6 Å². The van der Waals surface area contributed by atoms with E-state index in [1.54, 1.807) is 0 Å². The lowest BCUT2D eigenvalue weighted by atomic mass is 10.1. The molecule has 0 aliphatic carbocycles. The van der Waals surface area contributed by atoms with E-state index in [1.807, 2.05) is 62.4 Å². The summed E-state index contributed by atoms with van der Waals surface area (Å²) in [6.45, 7) is 4.76. The minimum atomic E-state index is -0.0717. The van der Waals surface area contributed by atoms with E-state index in [1.165, 1.54) is 11.1 Å². The van der Waals surface area contributed by atoms with Crippen LogP contribution in [0.2, 0.25) is 0 Å². The molecule has 6 heteroatoms. The zero-order chi connectivity index (χ0) is 19.1. The SMILES string of the molecule is Cc1ccc(OCCCC(=O)NCc2nc(-c3ccc(C)cc3)no2)cc1. The maximum absolute atomic E-state index is 11.9. The van der Waals surface area contributed by atoms with Crippen LogP contribution in [0, 0.1) is 13.8 Å². The number of rotatable bonds is 8. The summed E-state index contributed by atoms with van der Waals surface area (Å²) in [4.78, 5) is 16.2. The first kappa shape index (κ1) is 18.6. The van der Waals surface area contributed by atoms with Gasteiger partial charge in [-0.1, -0.05) is 52.7 Å². The minimum Gasteiger partial charge on any atom is -0.494 e. The molecule has 0 aliphatic heterocycles.